The van der Waals surface area contributed by atoms with Gasteiger partial charge in [0, 0.05) is 0 Å². The van der Waals surface area contributed by atoms with Crippen LogP contribution < -0.4 is 5.32 Å². The Morgan fingerprint density at radius 2 is 1.71 bits per heavy atom. The minimum Gasteiger partial charge on any atom is -0.316 e. The van der Waals surface area contributed by atoms with Gasteiger partial charge in [-0.15, -0.1) is 0 Å². The number of hydrogen-bond acceptors (Lipinski definition) is 1. The van der Waals surface area contributed by atoms with Crippen molar-refractivity contribution in [2.24, 2.45) is 0 Å². The maximum Gasteiger partial charge on any atom is -0.000812 e. The first kappa shape index (κ1) is 12.4. The van der Waals surface area contributed by atoms with E-state index in [9.17, 15) is 0 Å². The molecule has 1 heterocycles. The molecular weight excluding hydrogens is 206 g/mol. The van der Waals surface area contributed by atoms with Crippen LogP contribution in [0.4, 0.5) is 0 Å². The maximum absolute atomic E-state index is 3.43. The molecular formula is C16H23N. The highest BCUT2D eigenvalue weighted by Gasteiger charge is 2.13. The number of hydrogen-bond donors (Lipinski definition) is 1. The van der Waals surface area contributed by atoms with Crippen molar-refractivity contribution >= 4 is 5.57 Å². The van der Waals surface area contributed by atoms with Gasteiger partial charge < -0.3 is 5.32 Å². The molecule has 1 aromatic rings. The minimum absolute atomic E-state index is 0.248. The fraction of sp³-hybridized carbons (Fsp3) is 0.500. The molecule has 0 amide bonds. The molecule has 1 aliphatic rings. The Labute approximate surface area is 105 Å². The predicted molar refractivity (Wildman–Crippen MR) is 75.2 cm³/mol. The maximum atomic E-state index is 3.43. The SMILES string of the molecule is CC(C)(C)c1ccc(C2=CCCNCC2)cc1. The van der Waals surface area contributed by atoms with E-state index in [0.29, 0.717) is 0 Å². The van der Waals surface area contributed by atoms with Crippen LogP contribution in [0.5, 0.6) is 0 Å². The number of nitrogens with one attached hydrogen (secondary N) is 1. The third-order valence-corrected chi connectivity index (χ3v) is 3.40. The van der Waals surface area contributed by atoms with E-state index in [-0.39, 0.29) is 5.41 Å². The summed E-state index contributed by atoms with van der Waals surface area (Å²) in [5.74, 6) is 0. The quantitative estimate of drug-likeness (QED) is 0.773. The molecule has 2 rings (SSSR count). The summed E-state index contributed by atoms with van der Waals surface area (Å²) in [5.41, 5.74) is 4.54. The van der Waals surface area contributed by atoms with Crippen LogP contribution in [0.15, 0.2) is 30.3 Å². The van der Waals surface area contributed by atoms with Crippen molar-refractivity contribution in [1.82, 2.24) is 5.32 Å². The van der Waals surface area contributed by atoms with Gasteiger partial charge in [-0.1, -0.05) is 51.1 Å². The normalized spacial score (nSPS) is 17.5. The lowest BCUT2D eigenvalue weighted by Crippen LogP contribution is -2.14. The molecule has 0 radical (unpaired) electrons. The van der Waals surface area contributed by atoms with Gasteiger partial charge in [-0.2, -0.15) is 0 Å². The van der Waals surface area contributed by atoms with E-state index in [1.54, 1.807) is 0 Å². The van der Waals surface area contributed by atoms with Crippen LogP contribution in [0, 0.1) is 0 Å². The molecule has 1 aliphatic heterocycles. The van der Waals surface area contributed by atoms with E-state index in [2.05, 4.69) is 56.4 Å². The molecule has 0 aromatic heterocycles. The Morgan fingerprint density at radius 3 is 2.35 bits per heavy atom. The van der Waals surface area contributed by atoms with E-state index in [4.69, 9.17) is 0 Å². The van der Waals surface area contributed by atoms with Crippen LogP contribution in [0.1, 0.15) is 44.7 Å². The summed E-state index contributed by atoms with van der Waals surface area (Å²) in [7, 11) is 0. The first-order valence-electron chi connectivity index (χ1n) is 6.58. The van der Waals surface area contributed by atoms with Gasteiger partial charge >= 0.3 is 0 Å². The van der Waals surface area contributed by atoms with Crippen LogP contribution in [0.3, 0.4) is 0 Å². The van der Waals surface area contributed by atoms with E-state index in [1.807, 2.05) is 0 Å². The molecule has 0 spiro atoms. The van der Waals surface area contributed by atoms with Gasteiger partial charge in [0.2, 0.25) is 0 Å². The molecule has 0 saturated heterocycles. The van der Waals surface area contributed by atoms with E-state index >= 15 is 0 Å². The van der Waals surface area contributed by atoms with Gasteiger partial charge in [0.05, 0.1) is 0 Å². The molecule has 0 fully saturated rings. The zero-order valence-electron chi connectivity index (χ0n) is 11.2. The smallest absolute Gasteiger partial charge is 0.000812 e. The lowest BCUT2D eigenvalue weighted by molar-refractivity contribution is 0.590. The highest BCUT2D eigenvalue weighted by atomic mass is 14.8. The second-order valence-electron chi connectivity index (χ2n) is 5.85. The second kappa shape index (κ2) is 5.05. The topological polar surface area (TPSA) is 12.0 Å². The zero-order chi connectivity index (χ0) is 12.3. The van der Waals surface area contributed by atoms with Gasteiger partial charge in [-0.25, -0.2) is 0 Å². The number of benzene rings is 1. The molecule has 17 heavy (non-hydrogen) atoms. The van der Waals surface area contributed by atoms with Gasteiger partial charge in [-0.3, -0.25) is 0 Å². The molecule has 1 nitrogen and oxygen atoms in total. The van der Waals surface area contributed by atoms with Gasteiger partial charge in [0.15, 0.2) is 0 Å². The van der Waals surface area contributed by atoms with Crippen molar-refractivity contribution in [2.45, 2.75) is 39.0 Å². The van der Waals surface area contributed by atoms with Gasteiger partial charge in [0.1, 0.15) is 0 Å². The summed E-state index contributed by atoms with van der Waals surface area (Å²) in [6, 6.07) is 9.10. The average Bonchev–Trinajstić information content (AvgIpc) is 2.56. The Balaban J connectivity index is 2.20. The van der Waals surface area contributed by atoms with Crippen molar-refractivity contribution in [3.63, 3.8) is 0 Å². The first-order valence-corrected chi connectivity index (χ1v) is 6.58. The Hall–Kier alpha value is -1.08. The molecule has 0 saturated carbocycles. The Morgan fingerprint density at radius 1 is 1.00 bits per heavy atom. The van der Waals surface area contributed by atoms with Crippen LogP contribution in [-0.4, -0.2) is 13.1 Å². The minimum atomic E-state index is 0.248. The summed E-state index contributed by atoms with van der Waals surface area (Å²) in [4.78, 5) is 0. The van der Waals surface area contributed by atoms with Crippen LogP contribution >= 0.6 is 0 Å². The molecule has 0 aliphatic carbocycles. The van der Waals surface area contributed by atoms with Gasteiger partial charge in [-0.05, 0) is 48.0 Å². The summed E-state index contributed by atoms with van der Waals surface area (Å²) in [6.45, 7) is 9.00. The summed E-state index contributed by atoms with van der Waals surface area (Å²) in [6.07, 6.45) is 4.68. The lowest BCUT2D eigenvalue weighted by atomic mass is 9.86. The molecule has 0 bridgehead atoms. The summed E-state index contributed by atoms with van der Waals surface area (Å²) < 4.78 is 0. The van der Waals surface area contributed by atoms with Crippen LogP contribution in [0.25, 0.3) is 5.57 Å². The van der Waals surface area contributed by atoms with Crippen molar-refractivity contribution in [3.8, 4) is 0 Å². The van der Waals surface area contributed by atoms with Crippen LogP contribution in [-0.2, 0) is 5.41 Å². The Bertz CT molecular complexity index is 393. The van der Waals surface area contributed by atoms with Crippen molar-refractivity contribution in [1.29, 1.82) is 0 Å². The van der Waals surface area contributed by atoms with Gasteiger partial charge in [0.25, 0.3) is 0 Å². The fourth-order valence-corrected chi connectivity index (χ4v) is 2.25. The van der Waals surface area contributed by atoms with E-state index in [1.165, 1.54) is 16.7 Å². The van der Waals surface area contributed by atoms with E-state index in [0.717, 1.165) is 25.9 Å². The van der Waals surface area contributed by atoms with Crippen molar-refractivity contribution in [2.75, 3.05) is 13.1 Å². The van der Waals surface area contributed by atoms with Crippen molar-refractivity contribution < 1.29 is 0 Å². The standard InChI is InChI=1S/C16H23N/c1-16(2,3)15-8-6-14(7-9-15)13-5-4-11-17-12-10-13/h5-9,17H,4,10-12H2,1-3H3. The second-order valence-corrected chi connectivity index (χ2v) is 5.85. The molecule has 92 valence electrons. The van der Waals surface area contributed by atoms with Crippen LogP contribution in [0.2, 0.25) is 0 Å². The summed E-state index contributed by atoms with van der Waals surface area (Å²) >= 11 is 0. The van der Waals surface area contributed by atoms with E-state index < -0.39 is 0 Å². The number of rotatable bonds is 1. The third-order valence-electron chi connectivity index (χ3n) is 3.40. The highest BCUT2D eigenvalue weighted by Crippen LogP contribution is 2.25. The Kier molecular flexibility index (Phi) is 3.68. The predicted octanol–water partition coefficient (Wildman–Crippen LogP) is 3.75. The molecule has 0 atom stereocenters. The molecule has 1 heteroatoms. The van der Waals surface area contributed by atoms with Crippen molar-refractivity contribution in [3.05, 3.63) is 41.5 Å². The monoisotopic (exact) mass is 229 g/mol. The highest BCUT2D eigenvalue weighted by molar-refractivity contribution is 5.66. The first-order chi connectivity index (χ1) is 8.07. The third kappa shape index (κ3) is 3.19. The average molecular weight is 229 g/mol. The molecule has 1 aromatic carbocycles. The molecule has 1 N–H and O–H groups in total. The summed E-state index contributed by atoms with van der Waals surface area (Å²) in [5, 5.41) is 3.43. The largest absolute Gasteiger partial charge is 0.316 e. The zero-order valence-corrected chi connectivity index (χ0v) is 11.2. The molecule has 0 unspecified atom stereocenters. The fourth-order valence-electron chi connectivity index (χ4n) is 2.25. The lowest BCUT2D eigenvalue weighted by Gasteiger charge is -2.19.